The molecule has 1 aromatic carbocycles. The number of anilines is 1. The maximum absolute atomic E-state index is 10.8. The summed E-state index contributed by atoms with van der Waals surface area (Å²) in [5.41, 5.74) is 2.77. The van der Waals surface area contributed by atoms with Gasteiger partial charge in [-0.15, -0.1) is 0 Å². The summed E-state index contributed by atoms with van der Waals surface area (Å²) in [7, 11) is 0. The first-order valence-electron chi connectivity index (χ1n) is 8.06. The molecule has 1 aliphatic heterocycles. The molecule has 0 saturated carbocycles. The van der Waals surface area contributed by atoms with Gasteiger partial charge in [-0.3, -0.25) is 4.90 Å². The molecule has 1 fully saturated rings. The normalized spacial score (nSPS) is 17.5. The number of carbonyl (C=O) groups is 1. The number of rotatable bonds is 4. The van der Waals surface area contributed by atoms with Crippen molar-refractivity contribution < 1.29 is 28.8 Å². The van der Waals surface area contributed by atoms with Gasteiger partial charge >= 0.3 is 18.9 Å². The van der Waals surface area contributed by atoms with Crippen LogP contribution in [0.2, 0.25) is 0 Å². The number of carbonyl (C=O) groups excluding carboxylic acids is 1. The first kappa shape index (κ1) is 20.1. The standard InChI is InChI=1S/C18H28N2O2.Li/c1-14(17(21)22)13-19-9-11-20(12-10-19)16-7-5-15(6-8-16)18(2,3)4;/h5-8,14H,9-13H2,1-4H3,(H,21,22);/q;+1/p-1. The van der Waals surface area contributed by atoms with Crippen molar-refractivity contribution in [2.45, 2.75) is 33.1 Å². The zero-order valence-corrected chi connectivity index (χ0v) is 15.1. The Balaban J connectivity index is 0.00000264. The van der Waals surface area contributed by atoms with Gasteiger partial charge in [0.1, 0.15) is 0 Å². The molecular weight excluding hydrogens is 283 g/mol. The average molecular weight is 310 g/mol. The van der Waals surface area contributed by atoms with Crippen LogP contribution >= 0.6 is 0 Å². The van der Waals surface area contributed by atoms with Gasteiger partial charge in [-0.2, -0.15) is 0 Å². The average Bonchev–Trinajstić information content (AvgIpc) is 2.47. The monoisotopic (exact) mass is 310 g/mol. The van der Waals surface area contributed by atoms with Crippen LogP contribution in [0.5, 0.6) is 0 Å². The second kappa shape index (κ2) is 8.24. The molecule has 1 aliphatic rings. The summed E-state index contributed by atoms with van der Waals surface area (Å²) in [6.45, 7) is 12.6. The van der Waals surface area contributed by atoms with Crippen molar-refractivity contribution in [2.24, 2.45) is 5.92 Å². The third-order valence-corrected chi connectivity index (χ3v) is 4.41. The minimum atomic E-state index is -0.958. The molecule has 1 unspecified atom stereocenters. The quantitative estimate of drug-likeness (QED) is 0.635. The summed E-state index contributed by atoms with van der Waals surface area (Å²) < 4.78 is 0. The second-order valence-electron chi connectivity index (χ2n) is 7.30. The van der Waals surface area contributed by atoms with Gasteiger partial charge in [0.25, 0.3) is 0 Å². The third kappa shape index (κ3) is 5.56. The van der Waals surface area contributed by atoms with Crippen LogP contribution in [-0.2, 0) is 10.2 Å². The first-order valence-corrected chi connectivity index (χ1v) is 8.06. The number of hydrogen-bond acceptors (Lipinski definition) is 4. The van der Waals surface area contributed by atoms with Gasteiger partial charge < -0.3 is 14.8 Å². The predicted octanol–water partition coefficient (Wildman–Crippen LogP) is -1.50. The van der Waals surface area contributed by atoms with Crippen LogP contribution < -0.4 is 28.9 Å². The molecule has 1 heterocycles. The van der Waals surface area contributed by atoms with Crippen molar-refractivity contribution in [1.29, 1.82) is 0 Å². The van der Waals surface area contributed by atoms with E-state index in [1.807, 2.05) is 0 Å². The summed E-state index contributed by atoms with van der Waals surface area (Å²) in [6.07, 6.45) is 0. The third-order valence-electron chi connectivity index (χ3n) is 4.41. The van der Waals surface area contributed by atoms with Gasteiger partial charge in [0.15, 0.2) is 0 Å². The van der Waals surface area contributed by atoms with E-state index in [-0.39, 0.29) is 24.3 Å². The van der Waals surface area contributed by atoms with E-state index in [2.05, 4.69) is 54.8 Å². The molecule has 0 amide bonds. The molecule has 0 aliphatic carbocycles. The Morgan fingerprint density at radius 2 is 1.65 bits per heavy atom. The summed E-state index contributed by atoms with van der Waals surface area (Å²) in [6, 6.07) is 8.81. The molecular formula is C18H27LiN2O2. The summed E-state index contributed by atoms with van der Waals surface area (Å²) in [4.78, 5) is 15.4. The number of carboxylic acids is 1. The fraction of sp³-hybridized carbons (Fsp3) is 0.611. The summed E-state index contributed by atoms with van der Waals surface area (Å²) in [5, 5.41) is 10.8. The largest absolute Gasteiger partial charge is 1.00 e. The van der Waals surface area contributed by atoms with Crippen molar-refractivity contribution in [3.63, 3.8) is 0 Å². The van der Waals surface area contributed by atoms with Crippen molar-refractivity contribution in [3.05, 3.63) is 29.8 Å². The SMILES string of the molecule is CC(CN1CCN(c2ccc(C(C)(C)C)cc2)CC1)C(=O)[O-].[Li+]. The Morgan fingerprint density at radius 3 is 2.09 bits per heavy atom. The van der Waals surface area contributed by atoms with E-state index >= 15 is 0 Å². The smallest absolute Gasteiger partial charge is 0.550 e. The topological polar surface area (TPSA) is 46.6 Å². The zero-order valence-electron chi connectivity index (χ0n) is 15.1. The van der Waals surface area contributed by atoms with Crippen LogP contribution in [0.4, 0.5) is 5.69 Å². The molecule has 1 atom stereocenters. The molecule has 122 valence electrons. The molecule has 2 rings (SSSR count). The molecule has 4 nitrogen and oxygen atoms in total. The van der Waals surface area contributed by atoms with Gasteiger partial charge in [0.2, 0.25) is 0 Å². The molecule has 0 aromatic heterocycles. The number of hydrogen-bond donors (Lipinski definition) is 0. The minimum Gasteiger partial charge on any atom is -0.550 e. The van der Waals surface area contributed by atoms with E-state index in [0.717, 1.165) is 26.2 Å². The Morgan fingerprint density at radius 1 is 1.13 bits per heavy atom. The number of carboxylic acid groups (broad SMARTS) is 1. The Labute approximate surface area is 152 Å². The van der Waals surface area contributed by atoms with Gasteiger partial charge in [-0.1, -0.05) is 39.8 Å². The molecule has 23 heavy (non-hydrogen) atoms. The van der Waals surface area contributed by atoms with Crippen LogP contribution in [0.3, 0.4) is 0 Å². The van der Waals surface area contributed by atoms with Gasteiger partial charge in [-0.05, 0) is 23.1 Å². The number of nitrogens with zero attached hydrogens (tertiary/aromatic N) is 2. The zero-order chi connectivity index (χ0) is 16.3. The number of benzene rings is 1. The van der Waals surface area contributed by atoms with Gasteiger partial charge in [0.05, 0.1) is 0 Å². The van der Waals surface area contributed by atoms with Crippen LogP contribution in [0.15, 0.2) is 24.3 Å². The Hall–Kier alpha value is -0.953. The van der Waals surface area contributed by atoms with Gasteiger partial charge in [0, 0.05) is 50.3 Å². The fourth-order valence-corrected chi connectivity index (χ4v) is 2.82. The van der Waals surface area contributed by atoms with Gasteiger partial charge in [-0.25, -0.2) is 0 Å². The van der Waals surface area contributed by atoms with E-state index in [0.29, 0.717) is 6.54 Å². The van der Waals surface area contributed by atoms with E-state index in [9.17, 15) is 9.90 Å². The van der Waals surface area contributed by atoms with E-state index in [1.165, 1.54) is 11.3 Å². The molecule has 0 bridgehead atoms. The Bertz CT molecular complexity index is 503. The molecule has 0 radical (unpaired) electrons. The minimum absolute atomic E-state index is 0. The second-order valence-corrected chi connectivity index (χ2v) is 7.30. The van der Waals surface area contributed by atoms with Crippen molar-refractivity contribution >= 4 is 11.7 Å². The van der Waals surface area contributed by atoms with Crippen LogP contribution in [0.25, 0.3) is 0 Å². The number of aliphatic carboxylic acids is 1. The predicted molar refractivity (Wildman–Crippen MR) is 88.0 cm³/mol. The molecule has 0 N–H and O–H groups in total. The van der Waals surface area contributed by atoms with E-state index < -0.39 is 11.9 Å². The van der Waals surface area contributed by atoms with Crippen LogP contribution in [-0.4, -0.2) is 43.6 Å². The fourth-order valence-electron chi connectivity index (χ4n) is 2.82. The molecule has 1 saturated heterocycles. The van der Waals surface area contributed by atoms with Crippen LogP contribution in [0, 0.1) is 5.92 Å². The van der Waals surface area contributed by atoms with Crippen molar-refractivity contribution in [3.8, 4) is 0 Å². The maximum Gasteiger partial charge on any atom is 1.00 e. The van der Waals surface area contributed by atoms with Crippen molar-refractivity contribution in [2.75, 3.05) is 37.6 Å². The molecule has 5 heteroatoms. The van der Waals surface area contributed by atoms with E-state index in [1.54, 1.807) is 6.92 Å². The molecule has 0 spiro atoms. The number of piperazine rings is 1. The van der Waals surface area contributed by atoms with Crippen molar-refractivity contribution in [1.82, 2.24) is 4.90 Å². The van der Waals surface area contributed by atoms with Crippen LogP contribution in [0.1, 0.15) is 33.3 Å². The summed E-state index contributed by atoms with van der Waals surface area (Å²) in [5.74, 6) is -1.36. The van der Waals surface area contributed by atoms with E-state index in [4.69, 9.17) is 0 Å². The maximum atomic E-state index is 10.8. The molecule has 1 aromatic rings. The Kier molecular flexibility index (Phi) is 7.20. The first-order chi connectivity index (χ1) is 10.3. The summed E-state index contributed by atoms with van der Waals surface area (Å²) >= 11 is 0.